The molecule has 0 radical (unpaired) electrons. The number of hydrogen-bond acceptors (Lipinski definition) is 5. The Labute approximate surface area is 132 Å². The average molecular weight is 319 g/mol. The summed E-state index contributed by atoms with van der Waals surface area (Å²) in [6.07, 6.45) is -0.903. The number of aryl methyl sites for hydroxylation is 1. The molecule has 6 heteroatoms. The van der Waals surface area contributed by atoms with E-state index in [2.05, 4.69) is 5.32 Å². The topological polar surface area (TPSA) is 64.6 Å². The molecular weight excluding hydrogens is 302 g/mol. The summed E-state index contributed by atoms with van der Waals surface area (Å²) < 4.78 is 10.3. The molecule has 0 aliphatic heterocycles. The number of para-hydroxylation sites is 2. The average Bonchev–Trinajstić information content (AvgIpc) is 2.94. The van der Waals surface area contributed by atoms with E-state index in [1.54, 1.807) is 30.3 Å². The lowest BCUT2D eigenvalue weighted by atomic mass is 10.2. The number of amides is 1. The van der Waals surface area contributed by atoms with Gasteiger partial charge in [-0.3, -0.25) is 4.79 Å². The maximum atomic E-state index is 12.1. The number of esters is 1. The van der Waals surface area contributed by atoms with Gasteiger partial charge in [0.25, 0.3) is 5.91 Å². The molecule has 5 nitrogen and oxygen atoms in total. The standard InChI is InChI=1S/C16H17NO4S/c1-10-8-9-14(22-10)16(19)21-11(2)15(18)17-12-6-4-5-7-13(12)20-3/h4-9,11H,1-3H3,(H,17,18)/t11-/m1/s1. The molecule has 0 spiro atoms. The number of carbonyl (C=O) groups is 2. The van der Waals surface area contributed by atoms with E-state index in [0.29, 0.717) is 16.3 Å². The fourth-order valence-electron chi connectivity index (χ4n) is 1.80. The number of thiophene rings is 1. The van der Waals surface area contributed by atoms with Crippen LogP contribution in [0.3, 0.4) is 0 Å². The largest absolute Gasteiger partial charge is 0.495 e. The van der Waals surface area contributed by atoms with E-state index in [1.165, 1.54) is 25.4 Å². The first-order chi connectivity index (χ1) is 10.5. The van der Waals surface area contributed by atoms with Crippen molar-refractivity contribution in [3.63, 3.8) is 0 Å². The summed E-state index contributed by atoms with van der Waals surface area (Å²) in [4.78, 5) is 25.5. The maximum absolute atomic E-state index is 12.1. The summed E-state index contributed by atoms with van der Waals surface area (Å²) in [7, 11) is 1.52. The van der Waals surface area contributed by atoms with Crippen molar-refractivity contribution in [3.8, 4) is 5.75 Å². The Morgan fingerprint density at radius 3 is 2.55 bits per heavy atom. The zero-order valence-electron chi connectivity index (χ0n) is 12.6. The van der Waals surface area contributed by atoms with Gasteiger partial charge in [0.2, 0.25) is 0 Å². The van der Waals surface area contributed by atoms with Gasteiger partial charge in [0, 0.05) is 4.88 Å². The van der Waals surface area contributed by atoms with Crippen LogP contribution in [0.5, 0.6) is 5.75 Å². The Hall–Kier alpha value is -2.34. The van der Waals surface area contributed by atoms with Gasteiger partial charge in [0.1, 0.15) is 10.6 Å². The molecule has 1 atom stereocenters. The van der Waals surface area contributed by atoms with Gasteiger partial charge in [-0.15, -0.1) is 11.3 Å². The molecule has 1 heterocycles. The van der Waals surface area contributed by atoms with Crippen molar-refractivity contribution in [1.82, 2.24) is 0 Å². The minimum absolute atomic E-state index is 0.411. The van der Waals surface area contributed by atoms with Gasteiger partial charge in [0.15, 0.2) is 6.10 Å². The van der Waals surface area contributed by atoms with Gasteiger partial charge in [0.05, 0.1) is 12.8 Å². The number of hydrogen-bond donors (Lipinski definition) is 1. The summed E-state index contributed by atoms with van der Waals surface area (Å²) in [5.41, 5.74) is 0.532. The van der Waals surface area contributed by atoms with Gasteiger partial charge in [-0.25, -0.2) is 4.79 Å². The molecule has 2 aromatic rings. The third-order valence-electron chi connectivity index (χ3n) is 2.96. The van der Waals surface area contributed by atoms with Crippen molar-refractivity contribution in [2.45, 2.75) is 20.0 Å². The second-order valence-corrected chi connectivity index (χ2v) is 5.94. The Morgan fingerprint density at radius 2 is 1.91 bits per heavy atom. The van der Waals surface area contributed by atoms with Gasteiger partial charge < -0.3 is 14.8 Å². The minimum atomic E-state index is -0.903. The van der Waals surface area contributed by atoms with Gasteiger partial charge in [-0.05, 0) is 38.1 Å². The highest BCUT2D eigenvalue weighted by Gasteiger charge is 2.20. The molecule has 0 aliphatic rings. The molecule has 116 valence electrons. The quantitative estimate of drug-likeness (QED) is 0.859. The SMILES string of the molecule is COc1ccccc1NC(=O)[C@@H](C)OC(=O)c1ccc(C)s1. The predicted molar refractivity (Wildman–Crippen MR) is 85.6 cm³/mol. The highest BCUT2D eigenvalue weighted by molar-refractivity contribution is 7.13. The van der Waals surface area contributed by atoms with E-state index in [-0.39, 0.29) is 0 Å². The second-order valence-electron chi connectivity index (χ2n) is 4.65. The number of ether oxygens (including phenoxy) is 2. The van der Waals surface area contributed by atoms with Crippen LogP contribution in [0.15, 0.2) is 36.4 Å². The number of methoxy groups -OCH3 is 1. The molecule has 1 aromatic heterocycles. The van der Waals surface area contributed by atoms with E-state index < -0.39 is 18.0 Å². The molecule has 0 aliphatic carbocycles. The van der Waals surface area contributed by atoms with Crippen molar-refractivity contribution in [1.29, 1.82) is 0 Å². The predicted octanol–water partition coefficient (Wildman–Crippen LogP) is 3.25. The highest BCUT2D eigenvalue weighted by Crippen LogP contribution is 2.23. The Balaban J connectivity index is 1.99. The fourth-order valence-corrected chi connectivity index (χ4v) is 2.55. The number of carbonyl (C=O) groups excluding carboxylic acids is 2. The van der Waals surface area contributed by atoms with E-state index in [0.717, 1.165) is 4.88 Å². The Morgan fingerprint density at radius 1 is 1.18 bits per heavy atom. The van der Waals surface area contributed by atoms with Crippen LogP contribution in [-0.2, 0) is 9.53 Å². The minimum Gasteiger partial charge on any atom is -0.495 e. The van der Waals surface area contributed by atoms with Crippen LogP contribution in [0.4, 0.5) is 5.69 Å². The lowest BCUT2D eigenvalue weighted by molar-refractivity contribution is -0.123. The summed E-state index contributed by atoms with van der Waals surface area (Å²) in [5, 5.41) is 2.69. The Kier molecular flexibility index (Phi) is 5.16. The van der Waals surface area contributed by atoms with E-state index >= 15 is 0 Å². The van der Waals surface area contributed by atoms with Crippen molar-refractivity contribution in [2.24, 2.45) is 0 Å². The first-order valence-electron chi connectivity index (χ1n) is 6.72. The van der Waals surface area contributed by atoms with Crippen LogP contribution < -0.4 is 10.1 Å². The summed E-state index contributed by atoms with van der Waals surface area (Å²) in [6.45, 7) is 3.43. The van der Waals surface area contributed by atoms with Crippen LogP contribution >= 0.6 is 11.3 Å². The molecule has 0 unspecified atom stereocenters. The molecule has 0 fully saturated rings. The van der Waals surface area contributed by atoms with Crippen LogP contribution in [0, 0.1) is 6.92 Å². The van der Waals surface area contributed by atoms with Crippen molar-refractivity contribution < 1.29 is 19.1 Å². The van der Waals surface area contributed by atoms with Gasteiger partial charge >= 0.3 is 5.97 Å². The summed E-state index contributed by atoms with van der Waals surface area (Å²) in [6, 6.07) is 10.6. The van der Waals surface area contributed by atoms with E-state index in [4.69, 9.17) is 9.47 Å². The molecule has 0 bridgehead atoms. The van der Waals surface area contributed by atoms with Crippen LogP contribution in [-0.4, -0.2) is 25.1 Å². The highest BCUT2D eigenvalue weighted by atomic mass is 32.1. The van der Waals surface area contributed by atoms with Crippen molar-refractivity contribution in [2.75, 3.05) is 12.4 Å². The fraction of sp³-hybridized carbons (Fsp3) is 0.250. The van der Waals surface area contributed by atoms with Crippen LogP contribution in [0.25, 0.3) is 0 Å². The molecule has 0 saturated carbocycles. The van der Waals surface area contributed by atoms with E-state index in [9.17, 15) is 9.59 Å². The molecule has 1 aromatic carbocycles. The smallest absolute Gasteiger partial charge is 0.349 e. The number of anilines is 1. The number of rotatable bonds is 5. The number of benzene rings is 1. The normalized spacial score (nSPS) is 11.6. The maximum Gasteiger partial charge on any atom is 0.349 e. The van der Waals surface area contributed by atoms with Crippen molar-refractivity contribution in [3.05, 3.63) is 46.2 Å². The third kappa shape index (κ3) is 3.85. The molecule has 22 heavy (non-hydrogen) atoms. The summed E-state index contributed by atoms with van der Waals surface area (Å²) in [5.74, 6) is -0.366. The zero-order chi connectivity index (χ0) is 16.1. The Bertz CT molecular complexity index is 680. The first kappa shape index (κ1) is 16.0. The lowest BCUT2D eigenvalue weighted by Crippen LogP contribution is -2.29. The molecule has 2 rings (SSSR count). The zero-order valence-corrected chi connectivity index (χ0v) is 13.4. The third-order valence-corrected chi connectivity index (χ3v) is 3.94. The first-order valence-corrected chi connectivity index (χ1v) is 7.54. The molecule has 1 amide bonds. The number of nitrogens with one attached hydrogen (secondary N) is 1. The van der Waals surface area contributed by atoms with Crippen molar-refractivity contribution >= 4 is 28.9 Å². The van der Waals surface area contributed by atoms with Crippen LogP contribution in [0.2, 0.25) is 0 Å². The van der Waals surface area contributed by atoms with Gasteiger partial charge in [-0.1, -0.05) is 12.1 Å². The summed E-state index contributed by atoms with van der Waals surface area (Å²) >= 11 is 1.33. The lowest BCUT2D eigenvalue weighted by Gasteiger charge is -2.14. The molecular formula is C16H17NO4S. The van der Waals surface area contributed by atoms with E-state index in [1.807, 2.05) is 13.0 Å². The second kappa shape index (κ2) is 7.09. The monoisotopic (exact) mass is 319 g/mol. The van der Waals surface area contributed by atoms with Crippen LogP contribution in [0.1, 0.15) is 21.5 Å². The van der Waals surface area contributed by atoms with Gasteiger partial charge in [-0.2, -0.15) is 0 Å². The molecule has 1 N–H and O–H groups in total. The molecule has 0 saturated heterocycles.